The molecular weight excluding hydrogens is 364 g/mol. The summed E-state index contributed by atoms with van der Waals surface area (Å²) in [6.45, 7) is 6.33. The Bertz CT molecular complexity index is 621. The smallest absolute Gasteiger partial charge is 1.00 e. The first-order valence-corrected chi connectivity index (χ1v) is 8.46. The van der Waals surface area contributed by atoms with Crippen LogP contribution in [0.1, 0.15) is 40.0 Å². The summed E-state index contributed by atoms with van der Waals surface area (Å²) >= 11 is 0. The molecule has 144 valence electrons. The third-order valence-corrected chi connectivity index (χ3v) is 4.29. The maximum atomic E-state index is 13.4. The van der Waals surface area contributed by atoms with Crippen molar-refractivity contribution in [2.75, 3.05) is 25.0 Å². The third-order valence-electron chi connectivity index (χ3n) is 4.29. The van der Waals surface area contributed by atoms with Crippen molar-refractivity contribution in [3.05, 3.63) is 29.8 Å². The average Bonchev–Trinajstić information content (AvgIpc) is 2.50. The van der Waals surface area contributed by atoms with E-state index < -0.39 is 22.8 Å². The molecule has 1 amide bonds. The molecule has 1 fully saturated rings. The number of aliphatic hydroxyl groups excluding tert-OH is 1. The molecule has 1 aromatic rings. The number of anilines is 1. The number of amides is 1. The predicted octanol–water partition coefficient (Wildman–Crippen LogP) is 0.152. The second kappa shape index (κ2) is 10.6. The number of hydrogen-bond donors (Lipinski definition) is 2. The minimum absolute atomic E-state index is 0. The predicted molar refractivity (Wildman–Crippen MR) is 97.2 cm³/mol. The van der Waals surface area contributed by atoms with E-state index in [0.717, 1.165) is 12.1 Å². The van der Waals surface area contributed by atoms with Gasteiger partial charge in [0.1, 0.15) is 5.60 Å². The molecule has 0 unspecified atom stereocenters. The van der Waals surface area contributed by atoms with Crippen molar-refractivity contribution in [1.82, 2.24) is 4.90 Å². The van der Waals surface area contributed by atoms with Crippen LogP contribution in [0.15, 0.2) is 18.2 Å². The molecule has 5 nitrogen and oxygen atoms in total. The van der Waals surface area contributed by atoms with Gasteiger partial charge in [-0.3, -0.25) is 0 Å². The second-order valence-corrected chi connectivity index (χ2v) is 7.48. The van der Waals surface area contributed by atoms with Crippen molar-refractivity contribution in [2.24, 2.45) is 0 Å². The fraction of sp³-hybridized carbons (Fsp3) is 0.611. The van der Waals surface area contributed by atoms with Crippen LogP contribution in [0.3, 0.4) is 0 Å². The largest absolute Gasteiger partial charge is 1.00 e. The SMILES string of the molecule is CC(C)(C)OC(=O)N1CCC(CCO)(Nc2ccc(F)c(F)c2)CC1.[B-].[Na+]. The van der Waals surface area contributed by atoms with Gasteiger partial charge in [0.15, 0.2) is 11.6 Å². The number of hydrogen-bond acceptors (Lipinski definition) is 4. The molecule has 1 saturated heterocycles. The number of piperidine rings is 1. The number of halogens is 2. The van der Waals surface area contributed by atoms with Crippen LogP contribution in [0.4, 0.5) is 19.3 Å². The number of likely N-dealkylation sites (tertiary alicyclic amines) is 1. The van der Waals surface area contributed by atoms with Crippen LogP contribution in [0, 0.1) is 11.6 Å². The van der Waals surface area contributed by atoms with Crippen molar-refractivity contribution in [3.63, 3.8) is 0 Å². The molecule has 1 heterocycles. The summed E-state index contributed by atoms with van der Waals surface area (Å²) in [7, 11) is 0. The van der Waals surface area contributed by atoms with Gasteiger partial charge in [0.2, 0.25) is 0 Å². The summed E-state index contributed by atoms with van der Waals surface area (Å²) in [5.74, 6) is -1.82. The molecule has 2 rings (SSSR count). The van der Waals surface area contributed by atoms with Crippen LogP contribution in [0.25, 0.3) is 0 Å². The zero-order chi connectivity index (χ0) is 18.7. The first-order chi connectivity index (χ1) is 11.6. The fourth-order valence-electron chi connectivity index (χ4n) is 2.98. The van der Waals surface area contributed by atoms with Crippen molar-refractivity contribution in [3.8, 4) is 0 Å². The summed E-state index contributed by atoms with van der Waals surface area (Å²) in [6.07, 6.45) is 1.24. The Morgan fingerprint density at radius 3 is 2.33 bits per heavy atom. The van der Waals surface area contributed by atoms with E-state index in [1.54, 1.807) is 4.90 Å². The summed E-state index contributed by atoms with van der Waals surface area (Å²) < 4.78 is 31.9. The van der Waals surface area contributed by atoms with Crippen LogP contribution in [-0.4, -0.2) is 55.3 Å². The number of rotatable bonds is 4. The Morgan fingerprint density at radius 2 is 1.85 bits per heavy atom. The van der Waals surface area contributed by atoms with Crippen LogP contribution < -0.4 is 34.9 Å². The first-order valence-electron chi connectivity index (χ1n) is 8.46. The Labute approximate surface area is 183 Å². The monoisotopic (exact) mass is 390 g/mol. The number of carbonyl (C=O) groups excluding carboxylic acids is 1. The summed E-state index contributed by atoms with van der Waals surface area (Å²) in [4.78, 5) is 13.8. The minimum atomic E-state index is -0.921. The fourth-order valence-corrected chi connectivity index (χ4v) is 2.98. The number of nitrogens with zero attached hydrogens (tertiary/aromatic N) is 1. The van der Waals surface area contributed by atoms with Gasteiger partial charge in [-0.05, 0) is 52.2 Å². The quantitative estimate of drug-likeness (QED) is 0.719. The van der Waals surface area contributed by atoms with E-state index in [1.165, 1.54) is 6.07 Å². The molecule has 2 N–H and O–H groups in total. The zero-order valence-electron chi connectivity index (χ0n) is 16.5. The molecule has 1 aliphatic rings. The van der Waals surface area contributed by atoms with E-state index in [9.17, 15) is 18.7 Å². The Hall–Kier alpha value is -0.825. The molecule has 0 bridgehead atoms. The Balaban J connectivity index is 0.00000338. The first kappa shape index (κ1) is 26.2. The number of nitrogens with one attached hydrogen (secondary N) is 1. The van der Waals surface area contributed by atoms with Crippen LogP contribution in [-0.2, 0) is 4.74 Å². The maximum Gasteiger partial charge on any atom is 1.00 e. The molecular formula is C18H26BF2N2NaO3. The van der Waals surface area contributed by atoms with Crippen molar-refractivity contribution in [2.45, 2.75) is 51.2 Å². The van der Waals surface area contributed by atoms with E-state index in [2.05, 4.69) is 5.32 Å². The molecule has 1 aliphatic heterocycles. The number of benzene rings is 1. The molecule has 0 atom stereocenters. The number of carbonyl (C=O) groups is 1. The van der Waals surface area contributed by atoms with Gasteiger partial charge in [-0.25, -0.2) is 13.6 Å². The minimum Gasteiger partial charge on any atom is -1.00 e. The summed E-state index contributed by atoms with van der Waals surface area (Å²) in [6, 6.07) is 3.65. The van der Waals surface area contributed by atoms with Crippen molar-refractivity contribution >= 4 is 20.2 Å². The van der Waals surface area contributed by atoms with E-state index in [-0.39, 0.29) is 50.7 Å². The van der Waals surface area contributed by atoms with E-state index in [1.807, 2.05) is 20.8 Å². The van der Waals surface area contributed by atoms with Crippen LogP contribution in [0.2, 0.25) is 0 Å². The van der Waals surface area contributed by atoms with Gasteiger partial charge in [-0.2, -0.15) is 0 Å². The van der Waals surface area contributed by atoms with E-state index >= 15 is 0 Å². The van der Waals surface area contributed by atoms with Gasteiger partial charge >= 0.3 is 35.7 Å². The second-order valence-electron chi connectivity index (χ2n) is 7.48. The maximum absolute atomic E-state index is 13.4. The number of aliphatic hydroxyl groups is 1. The topological polar surface area (TPSA) is 61.8 Å². The molecule has 0 aliphatic carbocycles. The third kappa shape index (κ3) is 7.60. The van der Waals surface area contributed by atoms with Gasteiger partial charge in [0.05, 0.1) is 0 Å². The van der Waals surface area contributed by atoms with Crippen molar-refractivity contribution in [1.29, 1.82) is 0 Å². The molecule has 0 saturated carbocycles. The molecule has 1 aromatic carbocycles. The van der Waals surface area contributed by atoms with Crippen LogP contribution >= 0.6 is 0 Å². The van der Waals surface area contributed by atoms with Crippen molar-refractivity contribution < 1.29 is 53.0 Å². The normalized spacial score (nSPS) is 16.0. The van der Waals surface area contributed by atoms with Gasteiger partial charge < -0.3 is 28.5 Å². The molecule has 9 heteroatoms. The molecule has 0 aromatic heterocycles. The standard InChI is InChI=1S/C18H26F2N2O3.B.Na/c1-17(2,3)25-16(24)22-9-6-18(7-10-22,8-11-23)21-13-4-5-14(19)15(20)12-13;;/h4-5,12,21,23H,6-11H2,1-3H3;;/q;-1;+1. The molecule has 4 radical (unpaired) electrons. The Morgan fingerprint density at radius 1 is 1.26 bits per heavy atom. The summed E-state index contributed by atoms with van der Waals surface area (Å²) in [5.41, 5.74) is -0.573. The van der Waals surface area contributed by atoms with Gasteiger partial charge in [0, 0.05) is 37.0 Å². The Kier molecular flexibility index (Phi) is 10.3. The van der Waals surface area contributed by atoms with Crippen LogP contribution in [0.5, 0.6) is 0 Å². The number of ether oxygens (including phenoxy) is 1. The average molecular weight is 390 g/mol. The van der Waals surface area contributed by atoms with E-state index in [4.69, 9.17) is 4.74 Å². The zero-order valence-corrected chi connectivity index (χ0v) is 18.5. The van der Waals surface area contributed by atoms with E-state index in [0.29, 0.717) is 38.0 Å². The molecule has 27 heavy (non-hydrogen) atoms. The molecule has 0 spiro atoms. The summed E-state index contributed by atoms with van der Waals surface area (Å²) in [5, 5.41) is 12.6. The van der Waals surface area contributed by atoms with Gasteiger partial charge in [-0.1, -0.05) is 0 Å². The van der Waals surface area contributed by atoms with Gasteiger partial charge in [-0.15, -0.1) is 0 Å². The van der Waals surface area contributed by atoms with Gasteiger partial charge in [0.25, 0.3) is 0 Å².